The number of carbonyl (C=O) groups excluding carboxylic acids is 1. The molecule has 0 aliphatic carbocycles. The zero-order chi connectivity index (χ0) is 17.8. The van der Waals surface area contributed by atoms with Crippen molar-refractivity contribution in [2.24, 2.45) is 0 Å². The first-order chi connectivity index (χ1) is 12.0. The summed E-state index contributed by atoms with van der Waals surface area (Å²) in [6.07, 6.45) is -0.185. The maximum atomic E-state index is 12.4. The molecule has 0 saturated carbocycles. The number of hydrogen-bond donors (Lipinski definition) is 0. The molecule has 0 radical (unpaired) electrons. The predicted octanol–water partition coefficient (Wildman–Crippen LogP) is 1.64. The zero-order valence-electron chi connectivity index (χ0n) is 14.5. The molecule has 134 valence electrons. The molecule has 1 aliphatic heterocycles. The first kappa shape index (κ1) is 17.5. The molecule has 0 bridgehead atoms. The van der Waals surface area contributed by atoms with Gasteiger partial charge in [0.2, 0.25) is 11.1 Å². The second-order valence-corrected chi connectivity index (χ2v) is 7.00. The molecular weight excluding hydrogens is 342 g/mol. The lowest BCUT2D eigenvalue weighted by Gasteiger charge is -2.29. The maximum absolute atomic E-state index is 12.4. The predicted molar refractivity (Wildman–Crippen MR) is 92.9 cm³/mol. The van der Waals surface area contributed by atoms with Crippen molar-refractivity contribution >= 4 is 17.7 Å². The van der Waals surface area contributed by atoms with E-state index in [9.17, 15) is 4.79 Å². The van der Waals surface area contributed by atoms with E-state index in [2.05, 4.69) is 15.5 Å². The third kappa shape index (κ3) is 4.22. The number of thioether (sulfide) groups is 1. The fourth-order valence-electron chi connectivity index (χ4n) is 2.40. The van der Waals surface area contributed by atoms with Gasteiger partial charge in [-0.1, -0.05) is 23.9 Å². The highest BCUT2D eigenvalue weighted by Crippen LogP contribution is 2.31. The average molecular weight is 363 g/mol. The van der Waals surface area contributed by atoms with Crippen LogP contribution in [0.1, 0.15) is 19.9 Å². The van der Waals surface area contributed by atoms with Gasteiger partial charge < -0.3 is 14.4 Å². The van der Waals surface area contributed by atoms with Gasteiger partial charge in [-0.2, -0.15) is 0 Å². The molecule has 9 heteroatoms. The van der Waals surface area contributed by atoms with Crippen LogP contribution in [-0.4, -0.2) is 63.1 Å². The molecule has 0 spiro atoms. The third-order valence-electron chi connectivity index (χ3n) is 3.75. The maximum Gasteiger partial charge on any atom is 0.232 e. The van der Waals surface area contributed by atoms with Gasteiger partial charge in [-0.05, 0) is 36.4 Å². The summed E-state index contributed by atoms with van der Waals surface area (Å²) in [5.74, 6) is 1.72. The first-order valence-electron chi connectivity index (χ1n) is 8.07. The second kappa shape index (κ2) is 7.73. The summed E-state index contributed by atoms with van der Waals surface area (Å²) >= 11 is 1.33. The lowest BCUT2D eigenvalue weighted by Crippen LogP contribution is -2.42. The van der Waals surface area contributed by atoms with Crippen molar-refractivity contribution < 1.29 is 14.3 Å². The molecule has 8 nitrogen and oxygen atoms in total. The summed E-state index contributed by atoms with van der Waals surface area (Å²) < 4.78 is 13.3. The lowest BCUT2D eigenvalue weighted by atomic mass is 10.2. The van der Waals surface area contributed by atoms with E-state index in [0.29, 0.717) is 24.1 Å². The van der Waals surface area contributed by atoms with Crippen LogP contribution in [0.15, 0.2) is 29.4 Å². The molecule has 1 aromatic carbocycles. The molecule has 1 atom stereocenters. The van der Waals surface area contributed by atoms with Crippen LogP contribution in [0.2, 0.25) is 0 Å². The van der Waals surface area contributed by atoms with E-state index in [-0.39, 0.29) is 23.8 Å². The summed E-state index contributed by atoms with van der Waals surface area (Å²) in [6.45, 7) is 4.87. The van der Waals surface area contributed by atoms with Crippen molar-refractivity contribution in [3.05, 3.63) is 24.3 Å². The van der Waals surface area contributed by atoms with E-state index < -0.39 is 0 Å². The van der Waals surface area contributed by atoms with Gasteiger partial charge in [-0.15, -0.1) is 5.10 Å². The average Bonchev–Trinajstić information content (AvgIpc) is 3.08. The smallest absolute Gasteiger partial charge is 0.232 e. The highest BCUT2D eigenvalue weighted by atomic mass is 32.2. The molecule has 0 N–H and O–H groups in total. The molecule has 2 aromatic rings. The Kier molecular flexibility index (Phi) is 5.42. The molecule has 1 amide bonds. The summed E-state index contributed by atoms with van der Waals surface area (Å²) in [7, 11) is 1.76. The molecule has 1 unspecified atom stereocenters. The number of nitrogens with zero attached hydrogens (tertiary/aromatic N) is 5. The fourth-order valence-corrected chi connectivity index (χ4v) is 3.35. The number of benzene rings is 1. The molecule has 0 fully saturated rings. The van der Waals surface area contributed by atoms with E-state index in [1.807, 2.05) is 38.1 Å². The minimum absolute atomic E-state index is 0.00855. The monoisotopic (exact) mass is 363 g/mol. The molecule has 0 saturated heterocycles. The highest BCUT2D eigenvalue weighted by Gasteiger charge is 2.24. The SMILES string of the molecule is CC(C)n1nnnc1SCC(=O)N(C)CC1COc2ccccc2O1. The number of rotatable bonds is 6. The van der Waals surface area contributed by atoms with Crippen LogP contribution in [0.25, 0.3) is 0 Å². The van der Waals surface area contributed by atoms with Crippen LogP contribution >= 0.6 is 11.8 Å². The normalized spacial score (nSPS) is 16.1. The molecule has 2 heterocycles. The number of likely N-dealkylation sites (N-methyl/N-ethyl adjacent to an activating group) is 1. The van der Waals surface area contributed by atoms with Gasteiger partial charge in [0.1, 0.15) is 6.61 Å². The Morgan fingerprint density at radius 2 is 2.16 bits per heavy atom. The van der Waals surface area contributed by atoms with Crippen LogP contribution in [0.4, 0.5) is 0 Å². The van der Waals surface area contributed by atoms with Crippen molar-refractivity contribution in [3.8, 4) is 11.5 Å². The van der Waals surface area contributed by atoms with Gasteiger partial charge in [0.05, 0.1) is 18.3 Å². The van der Waals surface area contributed by atoms with Crippen molar-refractivity contribution in [1.29, 1.82) is 0 Å². The third-order valence-corrected chi connectivity index (χ3v) is 4.67. The number of tetrazole rings is 1. The highest BCUT2D eigenvalue weighted by molar-refractivity contribution is 7.99. The Hall–Kier alpha value is -2.29. The van der Waals surface area contributed by atoms with Crippen LogP contribution in [-0.2, 0) is 4.79 Å². The van der Waals surface area contributed by atoms with Crippen molar-refractivity contribution in [2.45, 2.75) is 31.1 Å². The van der Waals surface area contributed by atoms with Gasteiger partial charge in [-0.3, -0.25) is 4.79 Å². The van der Waals surface area contributed by atoms with Gasteiger partial charge in [0.25, 0.3) is 0 Å². The van der Waals surface area contributed by atoms with Gasteiger partial charge in [-0.25, -0.2) is 4.68 Å². The molecule has 3 rings (SSSR count). The largest absolute Gasteiger partial charge is 0.486 e. The van der Waals surface area contributed by atoms with E-state index in [4.69, 9.17) is 9.47 Å². The topological polar surface area (TPSA) is 82.4 Å². The Morgan fingerprint density at radius 1 is 1.40 bits per heavy atom. The van der Waals surface area contributed by atoms with Crippen LogP contribution in [0, 0.1) is 0 Å². The number of para-hydroxylation sites is 2. The zero-order valence-corrected chi connectivity index (χ0v) is 15.3. The summed E-state index contributed by atoms with van der Waals surface area (Å²) in [5.41, 5.74) is 0. The minimum Gasteiger partial charge on any atom is -0.486 e. The molecular formula is C16H21N5O3S. The van der Waals surface area contributed by atoms with E-state index in [0.717, 1.165) is 5.75 Å². The fraction of sp³-hybridized carbons (Fsp3) is 0.500. The number of fused-ring (bicyclic) bond motifs is 1. The number of ether oxygens (including phenoxy) is 2. The first-order valence-corrected chi connectivity index (χ1v) is 9.06. The minimum atomic E-state index is -0.185. The van der Waals surface area contributed by atoms with Gasteiger partial charge in [0.15, 0.2) is 17.6 Å². The van der Waals surface area contributed by atoms with Crippen molar-refractivity contribution in [2.75, 3.05) is 26.0 Å². The van der Waals surface area contributed by atoms with E-state index in [1.165, 1.54) is 11.8 Å². The Labute approximate surface area is 150 Å². The Balaban J connectivity index is 1.51. The number of amides is 1. The standard InChI is InChI=1S/C16H21N5O3S/c1-11(2)21-16(17-18-19-21)25-10-15(22)20(3)8-12-9-23-13-6-4-5-7-14(13)24-12/h4-7,11-12H,8-10H2,1-3H3. The van der Waals surface area contributed by atoms with Crippen LogP contribution < -0.4 is 9.47 Å². The summed E-state index contributed by atoms with van der Waals surface area (Å²) in [4.78, 5) is 14.0. The molecule has 1 aliphatic rings. The molecule has 1 aromatic heterocycles. The number of hydrogen-bond acceptors (Lipinski definition) is 7. The quantitative estimate of drug-likeness (QED) is 0.722. The Morgan fingerprint density at radius 3 is 2.92 bits per heavy atom. The van der Waals surface area contributed by atoms with E-state index in [1.54, 1.807) is 16.6 Å². The summed E-state index contributed by atoms with van der Waals surface area (Å²) in [6, 6.07) is 7.69. The van der Waals surface area contributed by atoms with Gasteiger partial charge >= 0.3 is 0 Å². The molecule has 25 heavy (non-hydrogen) atoms. The van der Waals surface area contributed by atoms with E-state index >= 15 is 0 Å². The number of carbonyl (C=O) groups is 1. The van der Waals surface area contributed by atoms with Crippen molar-refractivity contribution in [3.63, 3.8) is 0 Å². The second-order valence-electron chi connectivity index (χ2n) is 6.06. The summed E-state index contributed by atoms with van der Waals surface area (Å²) in [5, 5.41) is 12.2. The number of aromatic nitrogens is 4. The van der Waals surface area contributed by atoms with Crippen LogP contribution in [0.3, 0.4) is 0 Å². The lowest BCUT2D eigenvalue weighted by molar-refractivity contribution is -0.128. The van der Waals surface area contributed by atoms with Gasteiger partial charge in [0, 0.05) is 7.05 Å². The van der Waals surface area contributed by atoms with Crippen molar-refractivity contribution in [1.82, 2.24) is 25.1 Å². The Bertz CT molecular complexity index is 736. The van der Waals surface area contributed by atoms with Crippen LogP contribution in [0.5, 0.6) is 11.5 Å².